The summed E-state index contributed by atoms with van der Waals surface area (Å²) in [5.41, 5.74) is 3.21. The van der Waals surface area contributed by atoms with Gasteiger partial charge in [0.1, 0.15) is 6.54 Å². The van der Waals surface area contributed by atoms with Gasteiger partial charge in [0.25, 0.3) is 0 Å². The summed E-state index contributed by atoms with van der Waals surface area (Å²) in [6, 6.07) is 10.0. The average Bonchev–Trinajstić information content (AvgIpc) is 3.38. The van der Waals surface area contributed by atoms with E-state index < -0.39 is 0 Å². The van der Waals surface area contributed by atoms with E-state index in [2.05, 4.69) is 40.7 Å². The topological polar surface area (TPSA) is 82.8 Å². The Kier molecular flexibility index (Phi) is 9.61. The molecule has 30 heavy (non-hydrogen) atoms. The van der Waals surface area contributed by atoms with Crippen LogP contribution >= 0.6 is 24.0 Å². The Morgan fingerprint density at radius 1 is 1.23 bits per heavy atom. The fourth-order valence-corrected chi connectivity index (χ4v) is 3.65. The van der Waals surface area contributed by atoms with Gasteiger partial charge in [-0.25, -0.2) is 4.99 Å². The summed E-state index contributed by atoms with van der Waals surface area (Å²) in [5, 5.41) is 10.6. The predicted octanol–water partition coefficient (Wildman–Crippen LogP) is 3.84. The number of carbonyl (C=O) groups excluding carboxylic acids is 1. The van der Waals surface area contributed by atoms with E-state index in [0.717, 1.165) is 36.4 Å². The minimum atomic E-state index is 0. The number of benzene rings is 1. The molecule has 2 aromatic rings. The van der Waals surface area contributed by atoms with E-state index in [1.165, 1.54) is 5.56 Å². The van der Waals surface area contributed by atoms with E-state index in [9.17, 15) is 4.79 Å². The number of fused-ring (bicyclic) bond motifs is 1. The van der Waals surface area contributed by atoms with Gasteiger partial charge in [-0.1, -0.05) is 37.2 Å². The molecule has 0 bridgehead atoms. The third-order valence-corrected chi connectivity index (χ3v) is 5.32. The van der Waals surface area contributed by atoms with Gasteiger partial charge in [-0.3, -0.25) is 4.79 Å². The number of halogens is 1. The van der Waals surface area contributed by atoms with Gasteiger partial charge >= 0.3 is 0 Å². The van der Waals surface area contributed by atoms with Crippen LogP contribution < -0.4 is 15.5 Å². The summed E-state index contributed by atoms with van der Waals surface area (Å²) in [7, 11) is 0. The molecule has 1 aromatic carbocycles. The van der Waals surface area contributed by atoms with Crippen LogP contribution in [0.5, 0.6) is 0 Å². The number of anilines is 1. The smallest absolute Gasteiger partial charge is 0.248 e. The van der Waals surface area contributed by atoms with Crippen LogP contribution in [0.15, 0.2) is 39.8 Å². The zero-order chi connectivity index (χ0) is 20.6. The summed E-state index contributed by atoms with van der Waals surface area (Å²) in [6.45, 7) is 8.31. The number of amides is 1. The molecule has 7 nitrogen and oxygen atoms in total. The molecule has 164 valence electrons. The van der Waals surface area contributed by atoms with Crippen LogP contribution in [0, 0.1) is 0 Å². The SMILES string of the molecule is CCNC(=NCC(=O)N1CCc2ccccc21)NCc1cc(C(CC)CC)no1.I. The molecule has 8 heteroatoms. The van der Waals surface area contributed by atoms with Crippen LogP contribution in [0.3, 0.4) is 0 Å². The molecule has 0 radical (unpaired) electrons. The first-order chi connectivity index (χ1) is 14.2. The monoisotopic (exact) mass is 525 g/mol. The summed E-state index contributed by atoms with van der Waals surface area (Å²) in [6.07, 6.45) is 2.98. The first kappa shape index (κ1) is 24.2. The number of guanidine groups is 1. The van der Waals surface area contributed by atoms with Gasteiger partial charge < -0.3 is 20.1 Å². The Bertz CT molecular complexity index is 848. The van der Waals surface area contributed by atoms with Gasteiger partial charge in [-0.2, -0.15) is 0 Å². The van der Waals surface area contributed by atoms with Crippen molar-refractivity contribution in [1.29, 1.82) is 0 Å². The van der Waals surface area contributed by atoms with Crippen molar-refractivity contribution in [2.75, 3.05) is 24.5 Å². The first-order valence-electron chi connectivity index (χ1n) is 10.5. The van der Waals surface area contributed by atoms with Crippen molar-refractivity contribution in [2.24, 2.45) is 4.99 Å². The van der Waals surface area contributed by atoms with Crippen molar-refractivity contribution in [3.8, 4) is 0 Å². The van der Waals surface area contributed by atoms with Crippen molar-refractivity contribution in [1.82, 2.24) is 15.8 Å². The van der Waals surface area contributed by atoms with Crippen LogP contribution in [0.25, 0.3) is 0 Å². The Labute approximate surface area is 195 Å². The molecule has 0 unspecified atom stereocenters. The number of aliphatic imine (C=N–C) groups is 1. The van der Waals surface area contributed by atoms with Crippen LogP contribution in [0.4, 0.5) is 5.69 Å². The molecule has 1 aliphatic heterocycles. The summed E-state index contributed by atoms with van der Waals surface area (Å²) in [4.78, 5) is 19.0. The van der Waals surface area contributed by atoms with Crippen LogP contribution in [0.1, 0.15) is 56.5 Å². The molecule has 1 aromatic heterocycles. The molecular formula is C22H32IN5O2. The van der Waals surface area contributed by atoms with Crippen molar-refractivity contribution in [3.63, 3.8) is 0 Å². The third-order valence-electron chi connectivity index (χ3n) is 5.32. The zero-order valence-corrected chi connectivity index (χ0v) is 20.3. The normalized spacial score (nSPS) is 13.2. The number of nitrogens with zero attached hydrogens (tertiary/aromatic N) is 3. The standard InChI is InChI=1S/C22H31N5O2.HI/c1-4-16(5-2)19-13-18(29-26-19)14-24-22(23-6-3)25-15-21(28)27-12-11-17-9-7-8-10-20(17)27;/h7-10,13,16H,4-6,11-12,14-15H2,1-3H3,(H2,23,24,25);1H. The van der Waals surface area contributed by atoms with Crippen LogP contribution in [-0.4, -0.2) is 36.7 Å². The molecule has 0 saturated heterocycles. The molecular weight excluding hydrogens is 493 g/mol. The second-order valence-electron chi connectivity index (χ2n) is 7.20. The van der Waals surface area contributed by atoms with E-state index in [1.807, 2.05) is 36.1 Å². The van der Waals surface area contributed by atoms with Gasteiger partial charge in [0, 0.05) is 30.8 Å². The highest BCUT2D eigenvalue weighted by Gasteiger charge is 2.23. The zero-order valence-electron chi connectivity index (χ0n) is 18.0. The maximum absolute atomic E-state index is 12.7. The Hall–Kier alpha value is -2.10. The minimum absolute atomic E-state index is 0. The Morgan fingerprint density at radius 2 is 2.00 bits per heavy atom. The lowest BCUT2D eigenvalue weighted by Crippen LogP contribution is -2.38. The minimum Gasteiger partial charge on any atom is -0.359 e. The van der Waals surface area contributed by atoms with E-state index in [-0.39, 0.29) is 36.4 Å². The highest BCUT2D eigenvalue weighted by Crippen LogP contribution is 2.27. The number of aromatic nitrogens is 1. The molecule has 2 heterocycles. The molecule has 0 saturated carbocycles. The molecule has 1 aliphatic rings. The van der Waals surface area contributed by atoms with Crippen LogP contribution in [-0.2, 0) is 17.8 Å². The highest BCUT2D eigenvalue weighted by molar-refractivity contribution is 14.0. The molecule has 2 N–H and O–H groups in total. The molecule has 0 fully saturated rings. The second kappa shape index (κ2) is 11.9. The fraction of sp³-hybridized carbons (Fsp3) is 0.500. The van der Waals surface area contributed by atoms with Crippen molar-refractivity contribution < 1.29 is 9.32 Å². The van der Waals surface area contributed by atoms with E-state index >= 15 is 0 Å². The lowest BCUT2D eigenvalue weighted by Gasteiger charge is -2.16. The Morgan fingerprint density at radius 3 is 2.73 bits per heavy atom. The van der Waals surface area contributed by atoms with Gasteiger partial charge in [0.05, 0.1) is 12.2 Å². The quantitative estimate of drug-likeness (QED) is 0.311. The highest BCUT2D eigenvalue weighted by atomic mass is 127. The summed E-state index contributed by atoms with van der Waals surface area (Å²) in [5.74, 6) is 1.78. The van der Waals surface area contributed by atoms with Gasteiger partial charge in [-0.15, -0.1) is 24.0 Å². The fourth-order valence-electron chi connectivity index (χ4n) is 3.65. The van der Waals surface area contributed by atoms with E-state index in [4.69, 9.17) is 4.52 Å². The largest absolute Gasteiger partial charge is 0.359 e. The van der Waals surface area contributed by atoms with Gasteiger partial charge in [-0.05, 0) is 37.8 Å². The maximum atomic E-state index is 12.7. The lowest BCUT2D eigenvalue weighted by molar-refractivity contribution is -0.117. The summed E-state index contributed by atoms with van der Waals surface area (Å²) < 4.78 is 5.45. The molecule has 3 rings (SSSR count). The number of rotatable bonds is 8. The second-order valence-corrected chi connectivity index (χ2v) is 7.20. The summed E-state index contributed by atoms with van der Waals surface area (Å²) >= 11 is 0. The molecule has 0 spiro atoms. The van der Waals surface area contributed by atoms with Gasteiger partial charge in [0.15, 0.2) is 11.7 Å². The maximum Gasteiger partial charge on any atom is 0.248 e. The van der Waals surface area contributed by atoms with Crippen molar-refractivity contribution >= 4 is 41.5 Å². The van der Waals surface area contributed by atoms with E-state index in [0.29, 0.717) is 31.5 Å². The molecule has 0 atom stereocenters. The van der Waals surface area contributed by atoms with E-state index in [1.54, 1.807) is 0 Å². The number of hydrogen-bond donors (Lipinski definition) is 2. The number of nitrogens with one attached hydrogen (secondary N) is 2. The van der Waals surface area contributed by atoms with Crippen molar-refractivity contribution in [2.45, 2.75) is 52.5 Å². The molecule has 1 amide bonds. The number of hydrogen-bond acceptors (Lipinski definition) is 4. The van der Waals surface area contributed by atoms with Crippen molar-refractivity contribution in [3.05, 3.63) is 47.3 Å². The Balaban J connectivity index is 0.00000320. The third kappa shape index (κ3) is 5.96. The number of para-hydroxylation sites is 1. The molecule has 0 aliphatic carbocycles. The first-order valence-corrected chi connectivity index (χ1v) is 10.5. The average molecular weight is 525 g/mol. The lowest BCUT2D eigenvalue weighted by atomic mass is 9.99. The number of carbonyl (C=O) groups is 1. The predicted molar refractivity (Wildman–Crippen MR) is 131 cm³/mol. The van der Waals surface area contributed by atoms with Crippen LogP contribution in [0.2, 0.25) is 0 Å². The van der Waals surface area contributed by atoms with Gasteiger partial charge in [0.2, 0.25) is 5.91 Å².